The van der Waals surface area contributed by atoms with Crippen LogP contribution in [0.15, 0.2) is 29.3 Å². The Balaban J connectivity index is 1.65. The zero-order chi connectivity index (χ0) is 20.1. The van der Waals surface area contributed by atoms with E-state index >= 15 is 0 Å². The van der Waals surface area contributed by atoms with Gasteiger partial charge in [0, 0.05) is 23.7 Å². The maximum Gasteiger partial charge on any atom is 0.335 e. The first-order chi connectivity index (χ1) is 13.5. The standard InChI is InChI=1S/C20H25ClN4O3/c1-14(22-10-5-13-24-11-3-2-4-12-24)17-18(26)23-20(28)25(19(17)27)16-8-6-15(21)7-9-16/h6-9,17H,2-5,10-13H2,1H3,(H,23,26,28)/p+1. The van der Waals surface area contributed by atoms with Crippen LogP contribution in [0, 0.1) is 5.92 Å². The van der Waals surface area contributed by atoms with Crippen LogP contribution in [0.3, 0.4) is 0 Å². The molecule has 1 unspecified atom stereocenters. The van der Waals surface area contributed by atoms with E-state index in [4.69, 9.17) is 11.6 Å². The highest BCUT2D eigenvalue weighted by Gasteiger charge is 2.42. The smallest absolute Gasteiger partial charge is 0.335 e. The molecule has 0 aliphatic carbocycles. The Morgan fingerprint density at radius 3 is 2.54 bits per heavy atom. The SMILES string of the molecule is CC(=NCCC[NH+]1CCCCC1)C1C(=O)NC(=O)N(c2ccc(Cl)cc2)C1=O. The predicted octanol–water partition coefficient (Wildman–Crippen LogP) is 1.46. The number of hydrogen-bond acceptors (Lipinski definition) is 4. The van der Waals surface area contributed by atoms with Gasteiger partial charge in [-0.2, -0.15) is 0 Å². The second kappa shape index (κ2) is 9.30. The van der Waals surface area contributed by atoms with Gasteiger partial charge in [0.05, 0.1) is 25.3 Å². The number of likely N-dealkylation sites (tertiary alicyclic amines) is 1. The van der Waals surface area contributed by atoms with Crippen molar-refractivity contribution < 1.29 is 19.3 Å². The van der Waals surface area contributed by atoms with Crippen molar-refractivity contribution in [1.29, 1.82) is 0 Å². The summed E-state index contributed by atoms with van der Waals surface area (Å²) in [7, 11) is 0. The van der Waals surface area contributed by atoms with Crippen molar-refractivity contribution in [3.63, 3.8) is 0 Å². The molecule has 2 aliphatic heterocycles. The summed E-state index contributed by atoms with van der Waals surface area (Å²) in [5.41, 5.74) is 0.800. The molecular formula is C20H26ClN4O3+. The zero-order valence-electron chi connectivity index (χ0n) is 16.0. The number of amides is 4. The van der Waals surface area contributed by atoms with Gasteiger partial charge in [-0.1, -0.05) is 11.6 Å². The molecule has 7 nitrogen and oxygen atoms in total. The number of imide groups is 2. The third-order valence-electron chi connectivity index (χ3n) is 5.28. The van der Waals surface area contributed by atoms with Crippen molar-refractivity contribution in [2.24, 2.45) is 10.9 Å². The molecule has 8 heteroatoms. The number of rotatable bonds is 6. The van der Waals surface area contributed by atoms with E-state index in [2.05, 4.69) is 10.3 Å². The molecule has 0 spiro atoms. The summed E-state index contributed by atoms with van der Waals surface area (Å²) in [5.74, 6) is -2.29. The molecule has 0 saturated carbocycles. The molecule has 2 fully saturated rings. The van der Waals surface area contributed by atoms with E-state index < -0.39 is 23.8 Å². The van der Waals surface area contributed by atoms with Crippen LogP contribution in [0.4, 0.5) is 10.5 Å². The minimum absolute atomic E-state index is 0.367. The summed E-state index contributed by atoms with van der Waals surface area (Å²) in [6.45, 7) is 5.72. The Kier molecular flexibility index (Phi) is 6.80. The molecule has 0 bridgehead atoms. The lowest BCUT2D eigenvalue weighted by atomic mass is 9.99. The average molecular weight is 406 g/mol. The van der Waals surface area contributed by atoms with Crippen LogP contribution in [0.2, 0.25) is 5.02 Å². The number of barbiturate groups is 1. The second-order valence-electron chi connectivity index (χ2n) is 7.31. The number of benzene rings is 1. The van der Waals surface area contributed by atoms with Gasteiger partial charge >= 0.3 is 6.03 Å². The molecule has 0 aromatic heterocycles. The van der Waals surface area contributed by atoms with Crippen molar-refractivity contribution in [1.82, 2.24) is 5.32 Å². The Morgan fingerprint density at radius 1 is 1.18 bits per heavy atom. The molecule has 2 heterocycles. The molecule has 2 aliphatic rings. The minimum atomic E-state index is -1.09. The molecule has 2 saturated heterocycles. The summed E-state index contributed by atoms with van der Waals surface area (Å²) in [6.07, 6.45) is 4.80. The predicted molar refractivity (Wildman–Crippen MR) is 108 cm³/mol. The minimum Gasteiger partial charge on any atom is -0.335 e. The summed E-state index contributed by atoms with van der Waals surface area (Å²) in [6, 6.07) is 5.57. The second-order valence-corrected chi connectivity index (χ2v) is 7.75. The molecule has 0 radical (unpaired) electrons. The van der Waals surface area contributed by atoms with Crippen LogP contribution >= 0.6 is 11.6 Å². The summed E-state index contributed by atoms with van der Waals surface area (Å²) in [5, 5.41) is 2.75. The van der Waals surface area contributed by atoms with E-state index in [0.29, 0.717) is 23.0 Å². The van der Waals surface area contributed by atoms with Gasteiger partial charge in [-0.3, -0.25) is 19.9 Å². The maximum atomic E-state index is 12.9. The number of urea groups is 1. The number of anilines is 1. The Hall–Kier alpha value is -2.25. The first-order valence-corrected chi connectivity index (χ1v) is 10.1. The number of aliphatic imine (C=N–C) groups is 1. The van der Waals surface area contributed by atoms with E-state index in [-0.39, 0.29) is 0 Å². The number of halogens is 1. The van der Waals surface area contributed by atoms with Gasteiger partial charge < -0.3 is 4.90 Å². The van der Waals surface area contributed by atoms with Crippen LogP contribution in [0.25, 0.3) is 0 Å². The Morgan fingerprint density at radius 2 is 1.86 bits per heavy atom. The largest absolute Gasteiger partial charge is 0.335 e. The van der Waals surface area contributed by atoms with E-state index in [0.717, 1.165) is 17.9 Å². The van der Waals surface area contributed by atoms with E-state index in [1.165, 1.54) is 32.4 Å². The maximum absolute atomic E-state index is 12.9. The summed E-state index contributed by atoms with van der Waals surface area (Å²) < 4.78 is 0. The third-order valence-corrected chi connectivity index (χ3v) is 5.53. The first-order valence-electron chi connectivity index (χ1n) is 9.76. The molecular weight excluding hydrogens is 380 g/mol. The molecule has 28 heavy (non-hydrogen) atoms. The van der Waals surface area contributed by atoms with Gasteiger partial charge in [0.2, 0.25) is 5.91 Å². The highest BCUT2D eigenvalue weighted by Crippen LogP contribution is 2.23. The highest BCUT2D eigenvalue weighted by atomic mass is 35.5. The van der Waals surface area contributed by atoms with Crippen molar-refractivity contribution in [2.45, 2.75) is 32.6 Å². The number of quaternary nitrogens is 1. The average Bonchev–Trinajstić information content (AvgIpc) is 2.67. The third kappa shape index (κ3) is 4.77. The van der Waals surface area contributed by atoms with Gasteiger partial charge in [-0.15, -0.1) is 0 Å². The number of nitrogens with zero attached hydrogens (tertiary/aromatic N) is 2. The normalized spacial score (nSPS) is 21.8. The summed E-state index contributed by atoms with van der Waals surface area (Å²) >= 11 is 5.87. The molecule has 150 valence electrons. The van der Waals surface area contributed by atoms with Crippen LogP contribution in [0.1, 0.15) is 32.6 Å². The van der Waals surface area contributed by atoms with Gasteiger partial charge in [0.15, 0.2) is 5.92 Å². The number of piperidine rings is 1. The fourth-order valence-corrected chi connectivity index (χ4v) is 3.88. The van der Waals surface area contributed by atoms with Gasteiger partial charge in [-0.25, -0.2) is 9.69 Å². The van der Waals surface area contributed by atoms with Gasteiger partial charge in [-0.05, 0) is 50.5 Å². The van der Waals surface area contributed by atoms with Crippen molar-refractivity contribution in [3.05, 3.63) is 29.3 Å². The molecule has 2 N–H and O–H groups in total. The summed E-state index contributed by atoms with van der Waals surface area (Å²) in [4.78, 5) is 44.4. The van der Waals surface area contributed by atoms with Crippen LogP contribution in [-0.2, 0) is 9.59 Å². The van der Waals surface area contributed by atoms with Crippen molar-refractivity contribution in [3.8, 4) is 0 Å². The van der Waals surface area contributed by atoms with Crippen molar-refractivity contribution >= 4 is 40.8 Å². The molecule has 3 rings (SSSR count). The first kappa shape index (κ1) is 20.5. The quantitative estimate of drug-likeness (QED) is 0.427. The zero-order valence-corrected chi connectivity index (χ0v) is 16.8. The van der Waals surface area contributed by atoms with Gasteiger partial charge in [0.1, 0.15) is 0 Å². The van der Waals surface area contributed by atoms with Crippen LogP contribution in [0.5, 0.6) is 0 Å². The molecule has 1 atom stereocenters. The highest BCUT2D eigenvalue weighted by molar-refractivity contribution is 6.35. The fourth-order valence-electron chi connectivity index (χ4n) is 3.76. The lowest BCUT2D eigenvalue weighted by Crippen LogP contribution is -3.12. The van der Waals surface area contributed by atoms with Crippen molar-refractivity contribution in [2.75, 3.05) is 31.1 Å². The van der Waals surface area contributed by atoms with E-state index in [9.17, 15) is 14.4 Å². The number of hydrogen-bond donors (Lipinski definition) is 2. The lowest BCUT2D eigenvalue weighted by Gasteiger charge is -2.30. The van der Waals surface area contributed by atoms with Gasteiger partial charge in [0.25, 0.3) is 5.91 Å². The van der Waals surface area contributed by atoms with E-state index in [1.807, 2.05) is 0 Å². The Labute approximate surface area is 169 Å². The monoisotopic (exact) mass is 405 g/mol. The number of carbonyl (C=O) groups is 3. The lowest BCUT2D eigenvalue weighted by molar-refractivity contribution is -0.904. The number of nitrogens with one attached hydrogen (secondary N) is 2. The molecule has 4 amide bonds. The topological polar surface area (TPSA) is 83.3 Å². The molecule has 1 aromatic carbocycles. The van der Waals surface area contributed by atoms with Crippen LogP contribution < -0.4 is 15.1 Å². The fraction of sp³-hybridized carbons (Fsp3) is 0.500. The van der Waals surface area contributed by atoms with Crippen LogP contribution in [-0.4, -0.2) is 49.7 Å². The number of carbonyl (C=O) groups excluding carboxylic acids is 3. The van der Waals surface area contributed by atoms with E-state index in [1.54, 1.807) is 36.1 Å². The Bertz CT molecular complexity index is 772. The molecule has 1 aromatic rings.